The van der Waals surface area contributed by atoms with E-state index in [1.165, 1.54) is 6.33 Å². The predicted molar refractivity (Wildman–Crippen MR) is 49.9 cm³/mol. The van der Waals surface area contributed by atoms with Crippen LogP contribution in [-0.4, -0.2) is 17.1 Å². The zero-order valence-corrected chi connectivity index (χ0v) is 7.67. The molecule has 0 bridgehead atoms. The molecule has 0 aliphatic rings. The van der Waals surface area contributed by atoms with Gasteiger partial charge in [0.05, 0.1) is 12.6 Å². The van der Waals surface area contributed by atoms with Gasteiger partial charge in [-0.1, -0.05) is 11.6 Å². The molecular formula is C9H6ClN2O. The molecule has 0 saturated carbocycles. The van der Waals surface area contributed by atoms with Crippen LogP contribution in [0.15, 0.2) is 18.5 Å². The van der Waals surface area contributed by atoms with E-state index in [4.69, 9.17) is 16.3 Å². The zero-order chi connectivity index (χ0) is 9.26. The fraction of sp³-hybridized carbons (Fsp3) is 0.111. The van der Waals surface area contributed by atoms with Crippen molar-refractivity contribution in [2.75, 3.05) is 7.11 Å². The fourth-order valence-electron chi connectivity index (χ4n) is 1.06. The molecule has 0 spiro atoms. The Morgan fingerprint density at radius 2 is 2.23 bits per heavy atom. The molecule has 0 amide bonds. The number of halogens is 1. The van der Waals surface area contributed by atoms with Crippen LogP contribution in [0.25, 0.3) is 10.9 Å². The van der Waals surface area contributed by atoms with Crippen LogP contribution >= 0.6 is 11.6 Å². The summed E-state index contributed by atoms with van der Waals surface area (Å²) in [6, 6.07) is 6.57. The number of fused-ring (bicyclic) bond motifs is 1. The molecule has 65 valence electrons. The van der Waals surface area contributed by atoms with Crippen molar-refractivity contribution < 1.29 is 4.74 Å². The second-order valence-electron chi connectivity index (χ2n) is 2.45. The molecule has 1 aromatic carbocycles. The molecule has 0 aliphatic carbocycles. The Morgan fingerprint density at radius 3 is 3.00 bits per heavy atom. The van der Waals surface area contributed by atoms with E-state index in [1.807, 2.05) is 6.07 Å². The molecule has 0 unspecified atom stereocenters. The Labute approximate surface area is 80.3 Å². The van der Waals surface area contributed by atoms with Crippen LogP contribution in [0.3, 0.4) is 0 Å². The van der Waals surface area contributed by atoms with Crippen molar-refractivity contribution in [3.63, 3.8) is 0 Å². The molecule has 0 atom stereocenters. The molecule has 0 aliphatic heterocycles. The van der Waals surface area contributed by atoms with Crippen molar-refractivity contribution in [3.05, 3.63) is 29.7 Å². The molecule has 1 aromatic heterocycles. The summed E-state index contributed by atoms with van der Waals surface area (Å²) in [7, 11) is 1.58. The molecule has 0 N–H and O–H groups in total. The van der Waals surface area contributed by atoms with Gasteiger partial charge < -0.3 is 4.74 Å². The van der Waals surface area contributed by atoms with E-state index in [2.05, 4.69) is 16.0 Å². The largest absolute Gasteiger partial charge is 0.496 e. The van der Waals surface area contributed by atoms with Crippen molar-refractivity contribution in [2.45, 2.75) is 0 Å². The van der Waals surface area contributed by atoms with E-state index in [0.717, 1.165) is 5.52 Å². The normalized spacial score (nSPS) is 10.3. The standard InChI is InChI=1S/C9H6ClN2O/c1-13-6-2-3-8-7(4-6)9(10)12-5-11-8/h2-3,5H,1H3. The van der Waals surface area contributed by atoms with Gasteiger partial charge in [-0.2, -0.15) is 0 Å². The first-order valence-corrected chi connectivity index (χ1v) is 4.05. The first-order valence-electron chi connectivity index (χ1n) is 3.68. The van der Waals surface area contributed by atoms with E-state index in [-0.39, 0.29) is 0 Å². The number of ether oxygens (including phenoxy) is 1. The van der Waals surface area contributed by atoms with Gasteiger partial charge in [-0.25, -0.2) is 9.97 Å². The SMILES string of the molecule is COc1[c]c2c(Cl)ncnc2cc1. The number of methoxy groups -OCH3 is 1. The maximum Gasteiger partial charge on any atom is 0.141 e. The minimum Gasteiger partial charge on any atom is -0.496 e. The zero-order valence-electron chi connectivity index (χ0n) is 6.91. The number of hydrogen-bond acceptors (Lipinski definition) is 3. The minimum absolute atomic E-state index is 0.393. The Balaban J connectivity index is 2.74. The summed E-state index contributed by atoms with van der Waals surface area (Å²) in [6.45, 7) is 0. The average Bonchev–Trinajstić information content (AvgIpc) is 2.18. The Morgan fingerprint density at radius 1 is 1.38 bits per heavy atom. The van der Waals surface area contributed by atoms with Gasteiger partial charge in [0.25, 0.3) is 0 Å². The maximum absolute atomic E-state index is 5.85. The molecule has 0 saturated heterocycles. The summed E-state index contributed by atoms with van der Waals surface area (Å²) >= 11 is 5.85. The second-order valence-corrected chi connectivity index (χ2v) is 2.81. The van der Waals surface area contributed by atoms with E-state index in [0.29, 0.717) is 16.3 Å². The van der Waals surface area contributed by atoms with Gasteiger partial charge >= 0.3 is 0 Å². The van der Waals surface area contributed by atoms with Crippen LogP contribution in [-0.2, 0) is 0 Å². The molecule has 4 heteroatoms. The predicted octanol–water partition coefficient (Wildman–Crippen LogP) is 2.09. The topological polar surface area (TPSA) is 35.0 Å². The monoisotopic (exact) mass is 193 g/mol. The lowest BCUT2D eigenvalue weighted by Crippen LogP contribution is -1.87. The summed E-state index contributed by atoms with van der Waals surface area (Å²) in [4.78, 5) is 7.89. The quantitative estimate of drug-likeness (QED) is 0.651. The highest BCUT2D eigenvalue weighted by atomic mass is 35.5. The molecule has 13 heavy (non-hydrogen) atoms. The Bertz CT molecular complexity index is 445. The third kappa shape index (κ3) is 1.42. The van der Waals surface area contributed by atoms with Crippen LogP contribution in [0.5, 0.6) is 5.75 Å². The highest BCUT2D eigenvalue weighted by molar-refractivity contribution is 6.33. The van der Waals surface area contributed by atoms with Crippen LogP contribution in [0.4, 0.5) is 0 Å². The number of nitrogens with zero attached hydrogens (tertiary/aromatic N) is 2. The average molecular weight is 194 g/mol. The summed E-state index contributed by atoms with van der Waals surface area (Å²) in [5, 5.41) is 1.08. The van der Waals surface area contributed by atoms with Gasteiger partial charge in [-0.05, 0) is 12.1 Å². The van der Waals surface area contributed by atoms with Crippen molar-refractivity contribution in [3.8, 4) is 5.75 Å². The lowest BCUT2D eigenvalue weighted by Gasteiger charge is -2.01. The highest BCUT2D eigenvalue weighted by Gasteiger charge is 2.02. The summed E-state index contributed by atoms with van der Waals surface area (Å²) in [5.41, 5.74) is 0.765. The van der Waals surface area contributed by atoms with Crippen molar-refractivity contribution in [2.24, 2.45) is 0 Å². The molecule has 2 rings (SSSR count). The molecule has 2 aromatic rings. The van der Waals surface area contributed by atoms with E-state index >= 15 is 0 Å². The van der Waals surface area contributed by atoms with E-state index < -0.39 is 0 Å². The van der Waals surface area contributed by atoms with Crippen molar-refractivity contribution in [1.29, 1.82) is 0 Å². The Kier molecular flexibility index (Phi) is 2.02. The van der Waals surface area contributed by atoms with E-state index in [1.54, 1.807) is 13.2 Å². The maximum atomic E-state index is 5.85. The highest BCUT2D eigenvalue weighted by Crippen LogP contribution is 2.22. The summed E-state index contributed by atoms with van der Waals surface area (Å²) < 4.78 is 5.01. The first kappa shape index (κ1) is 8.26. The molecule has 0 fully saturated rings. The van der Waals surface area contributed by atoms with Crippen molar-refractivity contribution >= 4 is 22.5 Å². The lowest BCUT2D eigenvalue weighted by atomic mass is 10.2. The van der Waals surface area contributed by atoms with Crippen LogP contribution in [0, 0.1) is 6.07 Å². The number of hydrogen-bond donors (Lipinski definition) is 0. The van der Waals surface area contributed by atoms with Crippen LogP contribution in [0.1, 0.15) is 0 Å². The molecule has 1 radical (unpaired) electrons. The van der Waals surface area contributed by atoms with Crippen molar-refractivity contribution in [1.82, 2.24) is 9.97 Å². The van der Waals surface area contributed by atoms with Gasteiger partial charge in [-0.3, -0.25) is 0 Å². The molecule has 3 nitrogen and oxygen atoms in total. The van der Waals surface area contributed by atoms with Gasteiger partial charge in [0, 0.05) is 11.5 Å². The minimum atomic E-state index is 0.393. The summed E-state index contributed by atoms with van der Waals surface area (Å²) in [6.07, 6.45) is 1.42. The van der Waals surface area contributed by atoms with Gasteiger partial charge in [0.2, 0.25) is 0 Å². The second kappa shape index (κ2) is 3.18. The first-order chi connectivity index (χ1) is 6.31. The number of rotatable bonds is 1. The van der Waals surface area contributed by atoms with Crippen LogP contribution < -0.4 is 4.74 Å². The lowest BCUT2D eigenvalue weighted by molar-refractivity contribution is 0.414. The van der Waals surface area contributed by atoms with E-state index in [9.17, 15) is 0 Å². The van der Waals surface area contributed by atoms with Gasteiger partial charge in [0.1, 0.15) is 17.2 Å². The third-order valence-corrected chi connectivity index (χ3v) is 1.98. The smallest absolute Gasteiger partial charge is 0.141 e. The third-order valence-electron chi connectivity index (χ3n) is 1.69. The van der Waals surface area contributed by atoms with Gasteiger partial charge in [-0.15, -0.1) is 0 Å². The van der Waals surface area contributed by atoms with Gasteiger partial charge in [0.15, 0.2) is 0 Å². The summed E-state index contributed by atoms with van der Waals surface area (Å²) in [5.74, 6) is 0.629. The fourth-order valence-corrected chi connectivity index (χ4v) is 1.24. The molecule has 1 heterocycles. The molecular weight excluding hydrogens is 188 g/mol. The van der Waals surface area contributed by atoms with Crippen LogP contribution in [0.2, 0.25) is 5.15 Å². The Hall–Kier alpha value is -1.35. The number of aromatic nitrogens is 2. The number of benzene rings is 1.